The molecule has 7 heteroatoms. The Morgan fingerprint density at radius 3 is 2.32 bits per heavy atom. The van der Waals surface area contributed by atoms with E-state index in [0.717, 1.165) is 35.5 Å². The largest absolute Gasteiger partial charge is 0.347 e. The van der Waals surface area contributed by atoms with E-state index < -0.39 is 0 Å². The smallest absolute Gasteiger partial charge is 0.277 e. The molecule has 0 amide bonds. The topological polar surface area (TPSA) is 80.8 Å². The number of aromatic nitrogens is 5. The Morgan fingerprint density at radius 2 is 1.68 bits per heavy atom. The summed E-state index contributed by atoms with van der Waals surface area (Å²) in [5, 5.41) is 4.11. The maximum absolute atomic E-state index is 5.46. The van der Waals surface area contributed by atoms with Crippen molar-refractivity contribution in [2.75, 3.05) is 19.0 Å². The molecule has 25 heavy (non-hydrogen) atoms. The molecule has 0 aliphatic rings. The molecule has 3 aromatic heterocycles. The van der Waals surface area contributed by atoms with Gasteiger partial charge in [-0.15, -0.1) is 0 Å². The molecule has 0 bridgehead atoms. The van der Waals surface area contributed by atoms with Gasteiger partial charge in [-0.25, -0.2) is 9.97 Å². The molecule has 0 saturated carbocycles. The first-order valence-corrected chi connectivity index (χ1v) is 8.31. The Labute approximate surface area is 147 Å². The van der Waals surface area contributed by atoms with Crippen LogP contribution in [0, 0.1) is 13.8 Å². The standard InChI is InChI=1S/C18H22N6O/c1-6-7-14-10-15(21-18(20-14)24(4)5)17-22-16(23-25-17)13-8-11(2)19-12(3)9-13/h8-10H,6-7H2,1-5H3. The number of rotatable bonds is 5. The summed E-state index contributed by atoms with van der Waals surface area (Å²) < 4.78 is 5.46. The summed E-state index contributed by atoms with van der Waals surface area (Å²) in [5.41, 5.74) is 4.33. The maximum Gasteiger partial charge on any atom is 0.277 e. The fourth-order valence-corrected chi connectivity index (χ4v) is 2.59. The first kappa shape index (κ1) is 17.0. The van der Waals surface area contributed by atoms with Gasteiger partial charge in [-0.1, -0.05) is 18.5 Å². The van der Waals surface area contributed by atoms with Gasteiger partial charge >= 0.3 is 0 Å². The lowest BCUT2D eigenvalue weighted by molar-refractivity contribution is 0.431. The Balaban J connectivity index is 2.01. The summed E-state index contributed by atoms with van der Waals surface area (Å²) in [7, 11) is 3.83. The van der Waals surface area contributed by atoms with Crippen molar-refractivity contribution in [3.8, 4) is 23.0 Å². The van der Waals surface area contributed by atoms with Gasteiger partial charge < -0.3 is 9.42 Å². The zero-order chi connectivity index (χ0) is 18.0. The molecule has 7 nitrogen and oxygen atoms in total. The van der Waals surface area contributed by atoms with Crippen molar-refractivity contribution in [2.24, 2.45) is 0 Å². The summed E-state index contributed by atoms with van der Waals surface area (Å²) in [5.74, 6) is 1.56. The minimum Gasteiger partial charge on any atom is -0.347 e. The van der Waals surface area contributed by atoms with Crippen molar-refractivity contribution in [3.63, 3.8) is 0 Å². The highest BCUT2D eigenvalue weighted by Crippen LogP contribution is 2.24. The van der Waals surface area contributed by atoms with Gasteiger partial charge in [0.2, 0.25) is 11.8 Å². The van der Waals surface area contributed by atoms with Crippen LogP contribution in [0.2, 0.25) is 0 Å². The van der Waals surface area contributed by atoms with E-state index in [9.17, 15) is 0 Å². The van der Waals surface area contributed by atoms with Crippen LogP contribution in [-0.2, 0) is 6.42 Å². The van der Waals surface area contributed by atoms with Crippen LogP contribution in [0.15, 0.2) is 22.7 Å². The van der Waals surface area contributed by atoms with Crippen LogP contribution in [0.5, 0.6) is 0 Å². The number of pyridine rings is 1. The molecule has 0 spiro atoms. The van der Waals surface area contributed by atoms with Crippen LogP contribution in [0.1, 0.15) is 30.4 Å². The minimum atomic E-state index is 0.393. The molecule has 0 fully saturated rings. The van der Waals surface area contributed by atoms with Crippen LogP contribution in [0.3, 0.4) is 0 Å². The molecule has 0 N–H and O–H groups in total. The fraction of sp³-hybridized carbons (Fsp3) is 0.389. The average Bonchev–Trinajstić information content (AvgIpc) is 3.04. The molecule has 3 heterocycles. The third-order valence-corrected chi connectivity index (χ3v) is 3.66. The zero-order valence-corrected chi connectivity index (χ0v) is 15.2. The van der Waals surface area contributed by atoms with Gasteiger partial charge in [-0.05, 0) is 38.5 Å². The molecule has 3 rings (SSSR count). The predicted molar refractivity (Wildman–Crippen MR) is 96.4 cm³/mol. The molecule has 0 radical (unpaired) electrons. The molecular formula is C18H22N6O. The summed E-state index contributed by atoms with van der Waals surface area (Å²) in [4.78, 5) is 19.9. The van der Waals surface area contributed by atoms with Gasteiger partial charge in [-0.2, -0.15) is 4.98 Å². The zero-order valence-electron chi connectivity index (χ0n) is 15.2. The quantitative estimate of drug-likeness (QED) is 0.706. The van der Waals surface area contributed by atoms with Gasteiger partial charge in [0.15, 0.2) is 0 Å². The number of nitrogens with zero attached hydrogens (tertiary/aromatic N) is 6. The molecule has 0 saturated heterocycles. The molecule has 3 aromatic rings. The third kappa shape index (κ3) is 3.81. The van der Waals surface area contributed by atoms with Gasteiger partial charge in [-0.3, -0.25) is 4.98 Å². The SMILES string of the molecule is CCCc1cc(-c2nc(-c3cc(C)nc(C)c3)no2)nc(N(C)C)n1. The Morgan fingerprint density at radius 1 is 0.960 bits per heavy atom. The lowest BCUT2D eigenvalue weighted by Gasteiger charge is -2.12. The highest BCUT2D eigenvalue weighted by Gasteiger charge is 2.15. The van der Waals surface area contributed by atoms with E-state index in [2.05, 4.69) is 32.0 Å². The van der Waals surface area contributed by atoms with E-state index >= 15 is 0 Å². The lowest BCUT2D eigenvalue weighted by Crippen LogP contribution is -2.14. The Hall–Kier alpha value is -2.83. The van der Waals surface area contributed by atoms with Crippen LogP contribution in [-0.4, -0.2) is 39.2 Å². The van der Waals surface area contributed by atoms with Gasteiger partial charge in [0.05, 0.1) is 0 Å². The lowest BCUT2D eigenvalue weighted by atomic mass is 10.2. The number of hydrogen-bond acceptors (Lipinski definition) is 7. The Kier molecular flexibility index (Phi) is 4.74. The fourth-order valence-electron chi connectivity index (χ4n) is 2.59. The van der Waals surface area contributed by atoms with Crippen LogP contribution in [0.25, 0.3) is 23.0 Å². The highest BCUT2D eigenvalue weighted by molar-refractivity contribution is 5.59. The minimum absolute atomic E-state index is 0.393. The van der Waals surface area contributed by atoms with Crippen molar-refractivity contribution >= 4 is 5.95 Å². The Bertz CT molecular complexity index is 867. The molecule has 0 atom stereocenters. The van der Waals surface area contributed by atoms with Crippen molar-refractivity contribution in [2.45, 2.75) is 33.6 Å². The second kappa shape index (κ2) is 6.96. The predicted octanol–water partition coefficient (Wildman–Crippen LogP) is 3.22. The first-order valence-electron chi connectivity index (χ1n) is 8.31. The van der Waals surface area contributed by atoms with Gasteiger partial charge in [0, 0.05) is 36.7 Å². The van der Waals surface area contributed by atoms with Crippen LogP contribution >= 0.6 is 0 Å². The summed E-state index contributed by atoms with van der Waals surface area (Å²) in [6, 6.07) is 5.79. The molecule has 0 unspecified atom stereocenters. The third-order valence-electron chi connectivity index (χ3n) is 3.66. The first-order chi connectivity index (χ1) is 12.0. The van der Waals surface area contributed by atoms with Crippen LogP contribution < -0.4 is 4.90 Å². The number of hydrogen-bond donors (Lipinski definition) is 0. The highest BCUT2D eigenvalue weighted by atomic mass is 16.5. The average molecular weight is 338 g/mol. The van der Waals surface area contributed by atoms with Gasteiger partial charge in [0.1, 0.15) is 5.69 Å². The molecular weight excluding hydrogens is 316 g/mol. The second-order valence-corrected chi connectivity index (χ2v) is 6.25. The van der Waals surface area contributed by atoms with E-state index in [1.54, 1.807) is 0 Å². The van der Waals surface area contributed by atoms with Crippen molar-refractivity contribution in [1.29, 1.82) is 0 Å². The normalized spacial score (nSPS) is 10.9. The summed E-state index contributed by atoms with van der Waals surface area (Å²) >= 11 is 0. The van der Waals surface area contributed by atoms with E-state index in [1.165, 1.54) is 0 Å². The van der Waals surface area contributed by atoms with Crippen LogP contribution in [0.4, 0.5) is 5.95 Å². The van der Waals surface area contributed by atoms with Crippen molar-refractivity contribution in [1.82, 2.24) is 25.1 Å². The van der Waals surface area contributed by atoms with E-state index in [4.69, 9.17) is 4.52 Å². The van der Waals surface area contributed by atoms with E-state index in [0.29, 0.717) is 23.4 Å². The van der Waals surface area contributed by atoms with E-state index in [-0.39, 0.29) is 0 Å². The van der Waals surface area contributed by atoms with Gasteiger partial charge in [0.25, 0.3) is 5.89 Å². The molecule has 130 valence electrons. The summed E-state index contributed by atoms with van der Waals surface area (Å²) in [6.07, 6.45) is 1.88. The molecule has 0 aliphatic carbocycles. The monoisotopic (exact) mass is 338 g/mol. The van der Waals surface area contributed by atoms with Crippen molar-refractivity contribution < 1.29 is 4.52 Å². The number of anilines is 1. The van der Waals surface area contributed by atoms with Crippen molar-refractivity contribution in [3.05, 3.63) is 35.3 Å². The maximum atomic E-state index is 5.46. The number of aryl methyl sites for hydroxylation is 3. The van der Waals surface area contributed by atoms with E-state index in [1.807, 2.05) is 51.0 Å². The summed E-state index contributed by atoms with van der Waals surface area (Å²) in [6.45, 7) is 6.01. The second-order valence-electron chi connectivity index (χ2n) is 6.25. The molecule has 0 aliphatic heterocycles. The molecule has 0 aromatic carbocycles.